The smallest absolute Gasteiger partial charge is 0.122 e. The number of rotatable bonds is 3. The molecule has 0 saturated carbocycles. The van der Waals surface area contributed by atoms with E-state index in [4.69, 9.17) is 10.6 Å². The van der Waals surface area contributed by atoms with E-state index < -0.39 is 0 Å². The highest BCUT2D eigenvalue weighted by Gasteiger charge is 1.98. The molecule has 0 aliphatic rings. The molecule has 0 aliphatic heterocycles. The van der Waals surface area contributed by atoms with Gasteiger partial charge in [0.1, 0.15) is 5.75 Å². The summed E-state index contributed by atoms with van der Waals surface area (Å²) in [5.74, 6) is 6.10. The number of hydrogen-bond acceptors (Lipinski definition) is 4. The highest BCUT2D eigenvalue weighted by atomic mass is 32.2. The minimum Gasteiger partial charge on any atom is -0.497 e. The Labute approximate surface area is 76.3 Å². The molecule has 0 saturated heterocycles. The maximum absolute atomic E-state index is 5.28. The molecule has 1 aromatic rings. The molecular weight excluding hydrogens is 172 g/mol. The van der Waals surface area contributed by atoms with Gasteiger partial charge in [-0.25, -0.2) is 0 Å². The number of anilines is 1. The normalized spacial score (nSPS) is 9.58. The fraction of sp³-hybridized carbons (Fsp3) is 0.250. The molecule has 0 unspecified atom stereocenters. The third-order valence-corrected chi connectivity index (χ3v) is 2.23. The molecule has 0 aliphatic carbocycles. The highest BCUT2D eigenvalue weighted by Crippen LogP contribution is 2.25. The van der Waals surface area contributed by atoms with Crippen LogP contribution in [0.3, 0.4) is 0 Å². The molecular formula is C8H12N2OS. The fourth-order valence-corrected chi connectivity index (χ4v) is 1.37. The minimum atomic E-state index is 0.815. The van der Waals surface area contributed by atoms with E-state index >= 15 is 0 Å². The molecule has 0 spiro atoms. The summed E-state index contributed by atoms with van der Waals surface area (Å²) in [4.78, 5) is 1.13. The standard InChI is InChI=1S/C8H12N2OS/c1-11-7-3-6(10-9)4-8(5-7)12-2/h3-5,10H,9H2,1-2H3. The predicted octanol–water partition coefficient (Wildman–Crippen LogP) is 1.70. The summed E-state index contributed by atoms with van der Waals surface area (Å²) >= 11 is 1.65. The van der Waals surface area contributed by atoms with Crippen molar-refractivity contribution in [1.82, 2.24) is 0 Å². The molecule has 0 heterocycles. The Balaban J connectivity index is 3.01. The third kappa shape index (κ3) is 2.06. The van der Waals surface area contributed by atoms with Gasteiger partial charge in [0, 0.05) is 11.0 Å². The average Bonchev–Trinajstić information content (AvgIpc) is 2.16. The van der Waals surface area contributed by atoms with Crippen molar-refractivity contribution in [3.05, 3.63) is 18.2 Å². The van der Waals surface area contributed by atoms with E-state index in [9.17, 15) is 0 Å². The summed E-state index contributed by atoms with van der Waals surface area (Å²) in [5, 5.41) is 0. The van der Waals surface area contributed by atoms with E-state index in [-0.39, 0.29) is 0 Å². The maximum Gasteiger partial charge on any atom is 0.122 e. The summed E-state index contributed by atoms with van der Waals surface area (Å²) in [6.45, 7) is 0. The monoisotopic (exact) mass is 184 g/mol. The number of hydrogen-bond donors (Lipinski definition) is 2. The number of nitrogens with one attached hydrogen (secondary N) is 1. The van der Waals surface area contributed by atoms with Crippen molar-refractivity contribution < 1.29 is 4.74 Å². The van der Waals surface area contributed by atoms with Crippen LogP contribution in [0.4, 0.5) is 5.69 Å². The average molecular weight is 184 g/mol. The fourth-order valence-electron chi connectivity index (χ4n) is 0.891. The molecule has 0 amide bonds. The molecule has 66 valence electrons. The Hall–Kier alpha value is -0.870. The zero-order chi connectivity index (χ0) is 8.97. The van der Waals surface area contributed by atoms with Crippen LogP contribution in [0, 0.1) is 0 Å². The van der Waals surface area contributed by atoms with Gasteiger partial charge in [0.2, 0.25) is 0 Å². The Kier molecular flexibility index (Phi) is 3.25. The number of thioether (sulfide) groups is 1. The van der Waals surface area contributed by atoms with Crippen LogP contribution >= 0.6 is 11.8 Å². The number of methoxy groups -OCH3 is 1. The molecule has 0 radical (unpaired) electrons. The molecule has 0 aromatic heterocycles. The van der Waals surface area contributed by atoms with Crippen LogP contribution < -0.4 is 16.0 Å². The first-order valence-electron chi connectivity index (χ1n) is 3.50. The first-order chi connectivity index (χ1) is 5.80. The highest BCUT2D eigenvalue weighted by molar-refractivity contribution is 7.98. The topological polar surface area (TPSA) is 47.3 Å². The van der Waals surface area contributed by atoms with Gasteiger partial charge in [-0.2, -0.15) is 0 Å². The van der Waals surface area contributed by atoms with Crippen LogP contribution in [0.2, 0.25) is 0 Å². The molecule has 1 rings (SSSR count). The number of nitrogen functional groups attached to an aromatic ring is 1. The second-order valence-corrected chi connectivity index (χ2v) is 3.13. The zero-order valence-electron chi connectivity index (χ0n) is 7.13. The van der Waals surface area contributed by atoms with Gasteiger partial charge >= 0.3 is 0 Å². The van der Waals surface area contributed by atoms with E-state index in [2.05, 4.69) is 5.43 Å². The number of benzene rings is 1. The Morgan fingerprint density at radius 2 is 2.17 bits per heavy atom. The summed E-state index contributed by atoms with van der Waals surface area (Å²) < 4.78 is 5.09. The quantitative estimate of drug-likeness (QED) is 0.426. The lowest BCUT2D eigenvalue weighted by Crippen LogP contribution is -2.06. The molecule has 3 nitrogen and oxygen atoms in total. The van der Waals surface area contributed by atoms with E-state index in [0.717, 1.165) is 16.3 Å². The van der Waals surface area contributed by atoms with E-state index in [0.29, 0.717) is 0 Å². The second-order valence-electron chi connectivity index (χ2n) is 2.25. The predicted molar refractivity (Wildman–Crippen MR) is 52.6 cm³/mol. The molecule has 0 bridgehead atoms. The molecule has 12 heavy (non-hydrogen) atoms. The van der Waals surface area contributed by atoms with Gasteiger partial charge in [-0.15, -0.1) is 11.8 Å². The Morgan fingerprint density at radius 1 is 1.42 bits per heavy atom. The first-order valence-corrected chi connectivity index (χ1v) is 4.72. The summed E-state index contributed by atoms with van der Waals surface area (Å²) in [5.41, 5.74) is 3.44. The Bertz CT molecular complexity index is 210. The van der Waals surface area contributed by atoms with Gasteiger partial charge < -0.3 is 10.2 Å². The van der Waals surface area contributed by atoms with E-state index in [1.54, 1.807) is 18.9 Å². The summed E-state index contributed by atoms with van der Waals surface area (Å²) in [6.07, 6.45) is 2.01. The van der Waals surface area contributed by atoms with Crippen LogP contribution in [-0.2, 0) is 0 Å². The van der Waals surface area contributed by atoms with Crippen LogP contribution in [0.5, 0.6) is 5.75 Å². The van der Waals surface area contributed by atoms with Crippen molar-refractivity contribution in [2.75, 3.05) is 18.8 Å². The largest absolute Gasteiger partial charge is 0.497 e. The maximum atomic E-state index is 5.28. The van der Waals surface area contributed by atoms with Gasteiger partial charge in [-0.3, -0.25) is 5.84 Å². The van der Waals surface area contributed by atoms with Crippen LogP contribution in [0.25, 0.3) is 0 Å². The number of nitrogens with two attached hydrogens (primary N) is 1. The second kappa shape index (κ2) is 4.23. The van der Waals surface area contributed by atoms with Crippen molar-refractivity contribution in [1.29, 1.82) is 0 Å². The van der Waals surface area contributed by atoms with Gasteiger partial charge in [-0.05, 0) is 18.4 Å². The SMILES string of the molecule is COc1cc(NN)cc(SC)c1. The number of ether oxygens (including phenoxy) is 1. The van der Waals surface area contributed by atoms with Crippen molar-refractivity contribution in [3.8, 4) is 5.75 Å². The molecule has 4 heteroatoms. The molecule has 1 aromatic carbocycles. The molecule has 0 atom stereocenters. The van der Waals surface area contributed by atoms with Gasteiger partial charge in [0.05, 0.1) is 12.8 Å². The lowest BCUT2D eigenvalue weighted by molar-refractivity contribution is 0.414. The minimum absolute atomic E-state index is 0.815. The molecule has 0 fully saturated rings. The Morgan fingerprint density at radius 3 is 2.67 bits per heavy atom. The first kappa shape index (κ1) is 9.22. The van der Waals surface area contributed by atoms with Gasteiger partial charge in [0.15, 0.2) is 0 Å². The van der Waals surface area contributed by atoms with Gasteiger partial charge in [0.25, 0.3) is 0 Å². The zero-order valence-corrected chi connectivity index (χ0v) is 7.94. The van der Waals surface area contributed by atoms with E-state index in [1.807, 2.05) is 24.5 Å². The summed E-state index contributed by atoms with van der Waals surface area (Å²) in [6, 6.07) is 5.78. The van der Waals surface area contributed by atoms with Gasteiger partial charge in [-0.1, -0.05) is 0 Å². The van der Waals surface area contributed by atoms with Crippen LogP contribution in [-0.4, -0.2) is 13.4 Å². The lowest BCUT2D eigenvalue weighted by atomic mass is 10.3. The van der Waals surface area contributed by atoms with E-state index in [1.165, 1.54) is 0 Å². The van der Waals surface area contributed by atoms with Crippen LogP contribution in [0.15, 0.2) is 23.1 Å². The summed E-state index contributed by atoms with van der Waals surface area (Å²) in [7, 11) is 1.64. The lowest BCUT2D eigenvalue weighted by Gasteiger charge is -2.06. The van der Waals surface area contributed by atoms with Crippen molar-refractivity contribution in [2.45, 2.75) is 4.90 Å². The van der Waals surface area contributed by atoms with Crippen molar-refractivity contribution in [2.24, 2.45) is 5.84 Å². The van der Waals surface area contributed by atoms with Crippen molar-refractivity contribution >= 4 is 17.4 Å². The van der Waals surface area contributed by atoms with Crippen molar-refractivity contribution in [3.63, 3.8) is 0 Å². The third-order valence-electron chi connectivity index (χ3n) is 1.52. The van der Waals surface area contributed by atoms with Crippen LogP contribution in [0.1, 0.15) is 0 Å². The number of hydrazine groups is 1. The molecule has 3 N–H and O–H groups in total.